The number of halogens is 2. The molecule has 5 nitrogen and oxygen atoms in total. The standard InChI is InChI=1S/C13H19BrClN3O2/c1-8(13(20)16-6-4-5-11(15)19)7-18-10(3)12(14)9(2)17-18/h8H,4-7H2,1-3H3,(H,16,20). The lowest BCUT2D eigenvalue weighted by atomic mass is 10.1. The minimum absolute atomic E-state index is 0.0457. The molecule has 1 aromatic heterocycles. The zero-order chi connectivity index (χ0) is 15.3. The van der Waals surface area contributed by atoms with Crippen molar-refractivity contribution < 1.29 is 9.59 Å². The number of rotatable bonds is 7. The number of carbonyl (C=O) groups is 2. The molecule has 1 N–H and O–H groups in total. The van der Waals surface area contributed by atoms with E-state index in [-0.39, 0.29) is 23.5 Å². The number of nitrogens with one attached hydrogen (secondary N) is 1. The van der Waals surface area contributed by atoms with Gasteiger partial charge >= 0.3 is 0 Å². The van der Waals surface area contributed by atoms with Gasteiger partial charge in [-0.3, -0.25) is 14.3 Å². The van der Waals surface area contributed by atoms with Gasteiger partial charge in [-0.25, -0.2) is 0 Å². The first-order valence-electron chi connectivity index (χ1n) is 6.48. The van der Waals surface area contributed by atoms with Gasteiger partial charge in [-0.2, -0.15) is 5.10 Å². The van der Waals surface area contributed by atoms with E-state index >= 15 is 0 Å². The topological polar surface area (TPSA) is 64.0 Å². The lowest BCUT2D eigenvalue weighted by Crippen LogP contribution is -2.32. The molecule has 112 valence electrons. The van der Waals surface area contributed by atoms with Crippen LogP contribution in [-0.2, 0) is 16.1 Å². The summed E-state index contributed by atoms with van der Waals surface area (Å²) in [6, 6.07) is 0. The first-order chi connectivity index (χ1) is 9.32. The molecule has 1 rings (SSSR count). The van der Waals surface area contributed by atoms with Gasteiger partial charge in [0.25, 0.3) is 0 Å². The van der Waals surface area contributed by atoms with Crippen LogP contribution in [0, 0.1) is 19.8 Å². The van der Waals surface area contributed by atoms with Gasteiger partial charge < -0.3 is 5.32 Å². The monoisotopic (exact) mass is 363 g/mol. The molecule has 0 spiro atoms. The van der Waals surface area contributed by atoms with E-state index < -0.39 is 0 Å². The van der Waals surface area contributed by atoms with Crippen molar-refractivity contribution in [3.05, 3.63) is 15.9 Å². The van der Waals surface area contributed by atoms with E-state index in [1.807, 2.05) is 25.5 Å². The number of nitrogens with zero attached hydrogens (tertiary/aromatic N) is 2. The molecule has 1 unspecified atom stereocenters. The molecule has 0 saturated carbocycles. The molecule has 20 heavy (non-hydrogen) atoms. The number of hydrogen-bond acceptors (Lipinski definition) is 3. The minimum Gasteiger partial charge on any atom is -0.356 e. The summed E-state index contributed by atoms with van der Waals surface area (Å²) in [7, 11) is 0. The van der Waals surface area contributed by atoms with E-state index in [2.05, 4.69) is 26.3 Å². The highest BCUT2D eigenvalue weighted by molar-refractivity contribution is 9.10. The third-order valence-corrected chi connectivity index (χ3v) is 4.37. The summed E-state index contributed by atoms with van der Waals surface area (Å²) in [4.78, 5) is 22.5. The molecular weight excluding hydrogens is 346 g/mol. The summed E-state index contributed by atoms with van der Waals surface area (Å²) in [5, 5.41) is 6.80. The average molecular weight is 365 g/mol. The van der Waals surface area contributed by atoms with E-state index in [4.69, 9.17) is 11.6 Å². The van der Waals surface area contributed by atoms with Crippen LogP contribution in [0.5, 0.6) is 0 Å². The van der Waals surface area contributed by atoms with Gasteiger partial charge in [0.2, 0.25) is 11.1 Å². The minimum atomic E-state index is -0.375. The maximum absolute atomic E-state index is 11.9. The summed E-state index contributed by atoms with van der Waals surface area (Å²) >= 11 is 8.69. The molecule has 0 radical (unpaired) electrons. The van der Waals surface area contributed by atoms with Crippen LogP contribution >= 0.6 is 27.5 Å². The van der Waals surface area contributed by atoms with Gasteiger partial charge in [0.1, 0.15) is 0 Å². The second kappa shape index (κ2) is 7.78. The van der Waals surface area contributed by atoms with Crippen molar-refractivity contribution in [2.45, 2.75) is 40.2 Å². The van der Waals surface area contributed by atoms with Crippen LogP contribution in [0.1, 0.15) is 31.2 Å². The predicted molar refractivity (Wildman–Crippen MR) is 81.7 cm³/mol. The maximum Gasteiger partial charge on any atom is 0.224 e. The zero-order valence-electron chi connectivity index (χ0n) is 11.9. The number of hydrogen-bond donors (Lipinski definition) is 1. The summed E-state index contributed by atoms with van der Waals surface area (Å²) in [6.45, 7) is 6.72. The Bertz CT molecular complexity index is 502. The van der Waals surface area contributed by atoms with Gasteiger partial charge in [-0.1, -0.05) is 6.92 Å². The van der Waals surface area contributed by atoms with Crippen molar-refractivity contribution in [2.75, 3.05) is 6.54 Å². The quantitative estimate of drug-likeness (QED) is 0.597. The van der Waals surface area contributed by atoms with Gasteiger partial charge in [-0.15, -0.1) is 0 Å². The highest BCUT2D eigenvalue weighted by Gasteiger charge is 2.16. The summed E-state index contributed by atoms with van der Waals surface area (Å²) in [5.41, 5.74) is 1.92. The number of amides is 1. The Kier molecular flexibility index (Phi) is 6.68. The van der Waals surface area contributed by atoms with Crippen LogP contribution in [0.2, 0.25) is 0 Å². The number of aromatic nitrogens is 2. The van der Waals surface area contributed by atoms with Crippen LogP contribution in [0.25, 0.3) is 0 Å². The molecule has 1 heterocycles. The van der Waals surface area contributed by atoms with Gasteiger partial charge in [0.05, 0.1) is 22.6 Å². The Morgan fingerprint density at radius 2 is 2.10 bits per heavy atom. The van der Waals surface area contributed by atoms with Crippen LogP contribution in [0.4, 0.5) is 0 Å². The molecule has 0 aromatic carbocycles. The lowest BCUT2D eigenvalue weighted by Gasteiger charge is -2.13. The van der Waals surface area contributed by atoms with E-state index in [1.165, 1.54) is 0 Å². The zero-order valence-corrected chi connectivity index (χ0v) is 14.2. The van der Waals surface area contributed by atoms with Gasteiger partial charge in [-0.05, 0) is 47.8 Å². The van der Waals surface area contributed by atoms with Crippen molar-refractivity contribution in [3.63, 3.8) is 0 Å². The second-order valence-corrected chi connectivity index (χ2v) is 6.03. The van der Waals surface area contributed by atoms with E-state index in [0.717, 1.165) is 15.9 Å². The summed E-state index contributed by atoms with van der Waals surface area (Å²) in [6.07, 6.45) is 0.840. The molecule has 1 atom stereocenters. The molecule has 0 saturated heterocycles. The fraction of sp³-hybridized carbons (Fsp3) is 0.615. The van der Waals surface area contributed by atoms with E-state index in [1.54, 1.807) is 0 Å². The number of carbonyl (C=O) groups excluding carboxylic acids is 2. The number of aryl methyl sites for hydroxylation is 1. The highest BCUT2D eigenvalue weighted by atomic mass is 79.9. The summed E-state index contributed by atoms with van der Waals surface area (Å²) < 4.78 is 2.80. The van der Waals surface area contributed by atoms with Crippen LogP contribution in [0.15, 0.2) is 4.47 Å². The van der Waals surface area contributed by atoms with E-state index in [9.17, 15) is 9.59 Å². The van der Waals surface area contributed by atoms with E-state index in [0.29, 0.717) is 19.5 Å². The molecule has 7 heteroatoms. The normalized spacial score (nSPS) is 12.2. The van der Waals surface area contributed by atoms with Gasteiger partial charge in [0.15, 0.2) is 0 Å². The molecule has 0 aliphatic carbocycles. The second-order valence-electron chi connectivity index (χ2n) is 4.82. The fourth-order valence-corrected chi connectivity index (χ4v) is 2.23. The predicted octanol–water partition coefficient (Wildman–Crippen LogP) is 2.56. The lowest BCUT2D eigenvalue weighted by molar-refractivity contribution is -0.125. The smallest absolute Gasteiger partial charge is 0.224 e. The Morgan fingerprint density at radius 3 is 2.60 bits per heavy atom. The Balaban J connectivity index is 2.45. The molecule has 1 amide bonds. The maximum atomic E-state index is 11.9. The van der Waals surface area contributed by atoms with Crippen molar-refractivity contribution in [1.82, 2.24) is 15.1 Å². The Morgan fingerprint density at radius 1 is 1.45 bits per heavy atom. The van der Waals surface area contributed by atoms with Gasteiger partial charge in [0, 0.05) is 18.7 Å². The highest BCUT2D eigenvalue weighted by Crippen LogP contribution is 2.20. The molecule has 0 bridgehead atoms. The Labute approximate surface area is 132 Å². The third kappa shape index (κ3) is 4.90. The first kappa shape index (κ1) is 17.2. The van der Waals surface area contributed by atoms with Crippen molar-refractivity contribution in [2.24, 2.45) is 5.92 Å². The van der Waals surface area contributed by atoms with Crippen molar-refractivity contribution in [1.29, 1.82) is 0 Å². The van der Waals surface area contributed by atoms with Crippen molar-refractivity contribution in [3.8, 4) is 0 Å². The largest absolute Gasteiger partial charge is 0.356 e. The van der Waals surface area contributed by atoms with Crippen LogP contribution in [-0.4, -0.2) is 27.5 Å². The molecule has 0 aliphatic heterocycles. The molecule has 0 fully saturated rings. The SMILES string of the molecule is Cc1nn(CC(C)C(=O)NCCCC(=O)Cl)c(C)c1Br. The Hall–Kier alpha value is -0.880. The van der Waals surface area contributed by atoms with Crippen LogP contribution < -0.4 is 5.32 Å². The summed E-state index contributed by atoms with van der Waals surface area (Å²) in [5.74, 6) is -0.234. The fourth-order valence-electron chi connectivity index (χ4n) is 1.81. The average Bonchev–Trinajstić information content (AvgIpc) is 2.61. The van der Waals surface area contributed by atoms with Crippen LogP contribution in [0.3, 0.4) is 0 Å². The first-order valence-corrected chi connectivity index (χ1v) is 7.65. The van der Waals surface area contributed by atoms with Crippen molar-refractivity contribution >= 4 is 38.7 Å². The molecule has 0 aliphatic rings. The molecule has 1 aromatic rings. The molecular formula is C13H19BrClN3O2. The third-order valence-electron chi connectivity index (χ3n) is 3.04.